The maximum atomic E-state index is 10.7. The lowest BCUT2D eigenvalue weighted by atomic mass is 10.1. The van der Waals surface area contributed by atoms with Gasteiger partial charge in [0.15, 0.2) is 6.29 Å². The van der Waals surface area contributed by atoms with Crippen LogP contribution in [-0.2, 0) is 0 Å². The summed E-state index contributed by atoms with van der Waals surface area (Å²) in [7, 11) is 0. The van der Waals surface area contributed by atoms with Gasteiger partial charge in [-0.1, -0.05) is 30.3 Å². The lowest BCUT2D eigenvalue weighted by Gasteiger charge is -2.06. The quantitative estimate of drug-likeness (QED) is 0.678. The zero-order valence-electron chi connectivity index (χ0n) is 8.35. The van der Waals surface area contributed by atoms with Crippen LogP contribution in [0.4, 0.5) is 5.69 Å². The standard InChI is InChI=1S/C12H9BrN2O/c13-12-9(8-4-2-1-3-5-8)6-10(14)11(7-16)15-12/h1-7H,14H2. The first-order valence-corrected chi connectivity index (χ1v) is 5.48. The number of hydrogen-bond acceptors (Lipinski definition) is 3. The van der Waals surface area contributed by atoms with Crippen molar-refractivity contribution in [3.63, 3.8) is 0 Å². The summed E-state index contributed by atoms with van der Waals surface area (Å²) in [5, 5.41) is 0. The Kier molecular flexibility index (Phi) is 3.01. The number of rotatable bonds is 2. The van der Waals surface area contributed by atoms with E-state index in [1.807, 2.05) is 30.3 Å². The number of anilines is 1. The van der Waals surface area contributed by atoms with E-state index in [0.717, 1.165) is 11.1 Å². The molecule has 0 saturated carbocycles. The minimum Gasteiger partial charge on any atom is -0.397 e. The van der Waals surface area contributed by atoms with E-state index in [9.17, 15) is 4.79 Å². The normalized spacial score (nSPS) is 10.1. The minimum absolute atomic E-state index is 0.256. The summed E-state index contributed by atoms with van der Waals surface area (Å²) in [5.74, 6) is 0. The molecule has 16 heavy (non-hydrogen) atoms. The minimum atomic E-state index is 0.256. The zero-order chi connectivity index (χ0) is 11.5. The molecule has 0 fully saturated rings. The summed E-state index contributed by atoms with van der Waals surface area (Å²) in [6.45, 7) is 0. The highest BCUT2D eigenvalue weighted by atomic mass is 79.9. The van der Waals surface area contributed by atoms with Gasteiger partial charge in [-0.3, -0.25) is 4.79 Å². The summed E-state index contributed by atoms with van der Waals surface area (Å²) < 4.78 is 0.620. The number of hydrogen-bond donors (Lipinski definition) is 1. The van der Waals surface area contributed by atoms with Gasteiger partial charge in [-0.05, 0) is 27.6 Å². The number of carbonyl (C=O) groups excluding carboxylic acids is 1. The summed E-state index contributed by atoms with van der Waals surface area (Å²) in [6, 6.07) is 11.5. The van der Waals surface area contributed by atoms with Gasteiger partial charge < -0.3 is 5.73 Å². The van der Waals surface area contributed by atoms with Crippen molar-refractivity contribution >= 4 is 27.9 Å². The van der Waals surface area contributed by atoms with Gasteiger partial charge in [0.1, 0.15) is 10.3 Å². The van der Waals surface area contributed by atoms with E-state index in [-0.39, 0.29) is 5.69 Å². The SMILES string of the molecule is Nc1cc(-c2ccccc2)c(Br)nc1C=O. The fraction of sp³-hybridized carbons (Fsp3) is 0. The van der Waals surface area contributed by atoms with Gasteiger partial charge in [0, 0.05) is 5.56 Å². The first kappa shape index (κ1) is 10.8. The highest BCUT2D eigenvalue weighted by Crippen LogP contribution is 2.29. The molecule has 1 aromatic heterocycles. The maximum Gasteiger partial charge on any atom is 0.170 e. The second-order valence-corrected chi connectivity index (χ2v) is 4.04. The number of nitrogens with two attached hydrogens (primary N) is 1. The van der Waals surface area contributed by atoms with Crippen LogP contribution in [0.2, 0.25) is 0 Å². The van der Waals surface area contributed by atoms with Gasteiger partial charge >= 0.3 is 0 Å². The number of carbonyl (C=O) groups is 1. The third kappa shape index (κ3) is 1.97. The Labute approximate surface area is 101 Å². The monoisotopic (exact) mass is 276 g/mol. The smallest absolute Gasteiger partial charge is 0.170 e. The van der Waals surface area contributed by atoms with Gasteiger partial charge in [0.05, 0.1) is 5.69 Å². The Morgan fingerprint density at radius 1 is 1.25 bits per heavy atom. The molecule has 0 saturated heterocycles. The van der Waals surface area contributed by atoms with Crippen LogP contribution in [0.25, 0.3) is 11.1 Å². The van der Waals surface area contributed by atoms with Crippen LogP contribution in [0.3, 0.4) is 0 Å². The van der Waals surface area contributed by atoms with Crippen molar-refractivity contribution in [1.82, 2.24) is 4.98 Å². The molecule has 0 atom stereocenters. The van der Waals surface area contributed by atoms with E-state index in [0.29, 0.717) is 16.6 Å². The molecule has 3 nitrogen and oxygen atoms in total. The van der Waals surface area contributed by atoms with Gasteiger partial charge in [0.25, 0.3) is 0 Å². The predicted molar refractivity (Wildman–Crippen MR) is 67.2 cm³/mol. The van der Waals surface area contributed by atoms with E-state index < -0.39 is 0 Å². The van der Waals surface area contributed by atoms with Gasteiger partial charge in [-0.25, -0.2) is 4.98 Å². The Bertz CT molecular complexity index is 526. The molecule has 0 aliphatic rings. The lowest BCUT2D eigenvalue weighted by molar-refractivity contribution is 0.112. The average Bonchev–Trinajstić information content (AvgIpc) is 2.32. The van der Waals surface area contributed by atoms with Crippen LogP contribution in [-0.4, -0.2) is 11.3 Å². The van der Waals surface area contributed by atoms with Crippen LogP contribution >= 0.6 is 15.9 Å². The number of nitrogen functional groups attached to an aromatic ring is 1. The van der Waals surface area contributed by atoms with Crippen LogP contribution in [0.5, 0.6) is 0 Å². The van der Waals surface area contributed by atoms with Crippen molar-refractivity contribution in [2.45, 2.75) is 0 Å². The van der Waals surface area contributed by atoms with E-state index >= 15 is 0 Å². The second-order valence-electron chi connectivity index (χ2n) is 3.29. The molecule has 0 aliphatic carbocycles. The van der Waals surface area contributed by atoms with Gasteiger partial charge in [-0.2, -0.15) is 0 Å². The van der Waals surface area contributed by atoms with E-state index in [1.54, 1.807) is 6.07 Å². The van der Waals surface area contributed by atoms with E-state index in [4.69, 9.17) is 5.73 Å². The van der Waals surface area contributed by atoms with Crippen LogP contribution < -0.4 is 5.73 Å². The average molecular weight is 277 g/mol. The molecule has 0 unspecified atom stereocenters. The highest BCUT2D eigenvalue weighted by molar-refractivity contribution is 9.10. The molecule has 2 aromatic rings. The number of nitrogens with zero attached hydrogens (tertiary/aromatic N) is 1. The van der Waals surface area contributed by atoms with Gasteiger partial charge in [0.2, 0.25) is 0 Å². The summed E-state index contributed by atoms with van der Waals surface area (Å²) in [4.78, 5) is 14.8. The summed E-state index contributed by atoms with van der Waals surface area (Å²) in [6.07, 6.45) is 0.648. The van der Waals surface area contributed by atoms with E-state index in [2.05, 4.69) is 20.9 Å². The van der Waals surface area contributed by atoms with Crippen molar-refractivity contribution in [2.24, 2.45) is 0 Å². The molecular weight excluding hydrogens is 268 g/mol. The molecule has 0 radical (unpaired) electrons. The highest BCUT2D eigenvalue weighted by Gasteiger charge is 2.08. The molecule has 4 heteroatoms. The molecule has 1 aromatic carbocycles. The summed E-state index contributed by atoms with van der Waals surface area (Å²) >= 11 is 3.33. The summed E-state index contributed by atoms with van der Waals surface area (Å²) in [5.41, 5.74) is 8.25. The molecule has 0 bridgehead atoms. The molecular formula is C12H9BrN2O. The Morgan fingerprint density at radius 2 is 1.94 bits per heavy atom. The third-order valence-corrected chi connectivity index (χ3v) is 2.84. The van der Waals surface area contributed by atoms with Gasteiger partial charge in [-0.15, -0.1) is 0 Å². The molecule has 2 rings (SSSR count). The molecule has 0 aliphatic heterocycles. The topological polar surface area (TPSA) is 56.0 Å². The van der Waals surface area contributed by atoms with Crippen LogP contribution in [0.1, 0.15) is 10.5 Å². The maximum absolute atomic E-state index is 10.7. The van der Waals surface area contributed by atoms with Crippen molar-refractivity contribution in [3.8, 4) is 11.1 Å². The van der Waals surface area contributed by atoms with Crippen molar-refractivity contribution in [3.05, 3.63) is 46.7 Å². The molecule has 2 N–H and O–H groups in total. The largest absolute Gasteiger partial charge is 0.397 e. The van der Waals surface area contributed by atoms with Crippen LogP contribution in [0, 0.1) is 0 Å². The Balaban J connectivity index is 2.59. The first-order valence-electron chi connectivity index (χ1n) is 4.69. The number of benzene rings is 1. The molecule has 0 spiro atoms. The lowest BCUT2D eigenvalue weighted by Crippen LogP contribution is -1.98. The number of aromatic nitrogens is 1. The molecule has 80 valence electrons. The second kappa shape index (κ2) is 4.45. The fourth-order valence-corrected chi connectivity index (χ4v) is 1.97. The predicted octanol–water partition coefficient (Wildman–Crippen LogP) is 2.91. The third-order valence-electron chi connectivity index (χ3n) is 2.23. The number of aldehydes is 1. The van der Waals surface area contributed by atoms with Crippen LogP contribution in [0.15, 0.2) is 41.0 Å². The fourth-order valence-electron chi connectivity index (χ4n) is 1.43. The Morgan fingerprint density at radius 3 is 2.56 bits per heavy atom. The van der Waals surface area contributed by atoms with Crippen molar-refractivity contribution in [1.29, 1.82) is 0 Å². The number of pyridine rings is 1. The zero-order valence-corrected chi connectivity index (χ0v) is 9.94. The first-order chi connectivity index (χ1) is 7.72. The van der Waals surface area contributed by atoms with E-state index in [1.165, 1.54) is 0 Å². The molecule has 0 amide bonds. The molecule has 1 heterocycles. The van der Waals surface area contributed by atoms with Crippen molar-refractivity contribution < 1.29 is 4.79 Å². The number of halogens is 1. The van der Waals surface area contributed by atoms with Crippen molar-refractivity contribution in [2.75, 3.05) is 5.73 Å². The Hall–Kier alpha value is -1.68.